The van der Waals surface area contributed by atoms with Crippen molar-refractivity contribution in [3.63, 3.8) is 0 Å². The second-order valence-corrected chi connectivity index (χ2v) is 8.07. The summed E-state index contributed by atoms with van der Waals surface area (Å²) in [6.45, 7) is 3.89. The number of aromatic nitrogens is 4. The lowest BCUT2D eigenvalue weighted by Gasteiger charge is -2.11. The number of non-ortho nitro benzene ring substituents is 1. The van der Waals surface area contributed by atoms with Gasteiger partial charge >= 0.3 is 0 Å². The fourth-order valence-corrected chi connectivity index (χ4v) is 3.95. The van der Waals surface area contributed by atoms with Crippen LogP contribution in [0.3, 0.4) is 0 Å². The Morgan fingerprint density at radius 3 is 2.46 bits per heavy atom. The third kappa shape index (κ3) is 4.15. The number of hydrogen-bond acceptors (Lipinski definition) is 6. The number of para-hydroxylation sites is 1. The number of ether oxygens (including phenoxy) is 1. The Labute approximate surface area is 200 Å². The average molecular weight is 467 g/mol. The van der Waals surface area contributed by atoms with Crippen molar-refractivity contribution in [2.24, 2.45) is 0 Å². The second-order valence-electron chi connectivity index (χ2n) is 8.07. The number of fused-ring (bicyclic) bond motifs is 1. The van der Waals surface area contributed by atoms with E-state index in [9.17, 15) is 14.9 Å². The molecule has 174 valence electrons. The molecule has 35 heavy (non-hydrogen) atoms. The van der Waals surface area contributed by atoms with Crippen molar-refractivity contribution in [2.75, 3.05) is 0 Å². The minimum atomic E-state index is -0.448. The fraction of sp³-hybridized carbons (Fsp3) is 0.115. The molecule has 9 heteroatoms. The van der Waals surface area contributed by atoms with E-state index in [0.29, 0.717) is 28.3 Å². The molecule has 0 amide bonds. The molecule has 0 spiro atoms. The van der Waals surface area contributed by atoms with Crippen LogP contribution in [0, 0.1) is 24.0 Å². The Kier molecular flexibility index (Phi) is 5.58. The van der Waals surface area contributed by atoms with Gasteiger partial charge in [0.15, 0.2) is 11.4 Å². The molecule has 0 atom stereocenters. The van der Waals surface area contributed by atoms with Crippen LogP contribution in [0.1, 0.15) is 17.0 Å². The van der Waals surface area contributed by atoms with Crippen molar-refractivity contribution < 1.29 is 9.66 Å². The molecular formula is C26H21N5O4. The molecule has 0 saturated heterocycles. The summed E-state index contributed by atoms with van der Waals surface area (Å²) >= 11 is 0. The zero-order valence-electron chi connectivity index (χ0n) is 19.1. The molecule has 0 aliphatic rings. The third-order valence-electron chi connectivity index (χ3n) is 5.69. The maximum Gasteiger partial charge on any atom is 0.269 e. The molecule has 3 heterocycles. The molecule has 5 rings (SSSR count). The van der Waals surface area contributed by atoms with Crippen LogP contribution in [0.25, 0.3) is 22.6 Å². The topological polar surface area (TPSA) is 105 Å². The summed E-state index contributed by atoms with van der Waals surface area (Å²) in [7, 11) is 0. The summed E-state index contributed by atoms with van der Waals surface area (Å²) in [6, 6.07) is 21.2. The molecule has 0 fully saturated rings. The van der Waals surface area contributed by atoms with Gasteiger partial charge in [-0.05, 0) is 61.9 Å². The lowest BCUT2D eigenvalue weighted by molar-refractivity contribution is -0.384. The SMILES string of the molecule is Cc1nc2c(OCc3ccc([N+](=O)[O-])cc3)cccn2c(=O)c1-c1cc(C)n(-c2ccccc2)n1. The highest BCUT2D eigenvalue weighted by Gasteiger charge is 2.18. The van der Waals surface area contributed by atoms with E-state index in [1.165, 1.54) is 16.5 Å². The normalized spacial score (nSPS) is 11.0. The van der Waals surface area contributed by atoms with Crippen LogP contribution in [0.2, 0.25) is 0 Å². The maximum absolute atomic E-state index is 13.5. The number of rotatable bonds is 6. The first-order valence-corrected chi connectivity index (χ1v) is 10.9. The third-order valence-corrected chi connectivity index (χ3v) is 5.69. The van der Waals surface area contributed by atoms with E-state index in [-0.39, 0.29) is 17.9 Å². The molecule has 9 nitrogen and oxygen atoms in total. The number of nitrogens with zero attached hydrogens (tertiary/aromatic N) is 5. The molecule has 0 N–H and O–H groups in total. The van der Waals surface area contributed by atoms with Gasteiger partial charge in [0.1, 0.15) is 12.3 Å². The van der Waals surface area contributed by atoms with E-state index in [2.05, 4.69) is 10.1 Å². The summed E-state index contributed by atoms with van der Waals surface area (Å²) in [5.41, 5.74) is 4.24. The smallest absolute Gasteiger partial charge is 0.269 e. The minimum Gasteiger partial charge on any atom is -0.485 e. The van der Waals surface area contributed by atoms with Crippen molar-refractivity contribution in [1.29, 1.82) is 0 Å². The summed E-state index contributed by atoms with van der Waals surface area (Å²) in [5.74, 6) is 0.434. The molecule has 3 aromatic heterocycles. The quantitative estimate of drug-likeness (QED) is 0.266. The van der Waals surface area contributed by atoms with Crippen LogP contribution < -0.4 is 10.3 Å². The van der Waals surface area contributed by atoms with Gasteiger partial charge in [-0.15, -0.1) is 0 Å². The van der Waals surface area contributed by atoms with Crippen molar-refractivity contribution in [2.45, 2.75) is 20.5 Å². The molecule has 0 saturated carbocycles. The zero-order chi connectivity index (χ0) is 24.5. The van der Waals surface area contributed by atoms with Crippen molar-refractivity contribution in [1.82, 2.24) is 19.2 Å². The first kappa shape index (κ1) is 22.0. The van der Waals surface area contributed by atoms with Crippen LogP contribution in [-0.4, -0.2) is 24.1 Å². The van der Waals surface area contributed by atoms with Gasteiger partial charge in [-0.2, -0.15) is 5.10 Å². The van der Waals surface area contributed by atoms with Gasteiger partial charge in [-0.1, -0.05) is 18.2 Å². The van der Waals surface area contributed by atoms with Gasteiger partial charge in [0.2, 0.25) is 0 Å². The highest BCUT2D eigenvalue weighted by Crippen LogP contribution is 2.24. The highest BCUT2D eigenvalue weighted by molar-refractivity contribution is 5.65. The van der Waals surface area contributed by atoms with E-state index in [4.69, 9.17) is 4.74 Å². The highest BCUT2D eigenvalue weighted by atomic mass is 16.6. The molecule has 0 aliphatic carbocycles. The predicted octanol–water partition coefficient (Wildman–Crippen LogP) is 4.65. The molecule has 5 aromatic rings. The number of hydrogen-bond donors (Lipinski definition) is 0. The lowest BCUT2D eigenvalue weighted by atomic mass is 10.1. The summed E-state index contributed by atoms with van der Waals surface area (Å²) in [6.07, 6.45) is 1.65. The van der Waals surface area contributed by atoms with Crippen LogP contribution >= 0.6 is 0 Å². The Morgan fingerprint density at radius 2 is 1.74 bits per heavy atom. The maximum atomic E-state index is 13.5. The monoisotopic (exact) mass is 467 g/mol. The van der Waals surface area contributed by atoms with E-state index < -0.39 is 4.92 Å². The van der Waals surface area contributed by atoms with Crippen LogP contribution in [-0.2, 0) is 6.61 Å². The Morgan fingerprint density at radius 1 is 1.00 bits per heavy atom. The van der Waals surface area contributed by atoms with Crippen molar-refractivity contribution >= 4 is 11.3 Å². The van der Waals surface area contributed by atoms with Crippen molar-refractivity contribution in [3.8, 4) is 22.7 Å². The average Bonchev–Trinajstić information content (AvgIpc) is 3.24. The number of nitro groups is 1. The van der Waals surface area contributed by atoms with Crippen LogP contribution in [0.15, 0.2) is 83.8 Å². The molecule has 0 aliphatic heterocycles. The zero-order valence-corrected chi connectivity index (χ0v) is 19.1. The van der Waals surface area contributed by atoms with E-state index in [1.54, 1.807) is 42.1 Å². The summed E-state index contributed by atoms with van der Waals surface area (Å²) < 4.78 is 9.18. The molecule has 0 radical (unpaired) electrons. The minimum absolute atomic E-state index is 0.0141. The summed E-state index contributed by atoms with van der Waals surface area (Å²) in [5, 5.41) is 15.5. The molecule has 2 aromatic carbocycles. The fourth-order valence-electron chi connectivity index (χ4n) is 3.95. The summed E-state index contributed by atoms with van der Waals surface area (Å²) in [4.78, 5) is 28.6. The standard InChI is InChI=1S/C26H21N5O4/c1-17-15-22(28-30(17)20-7-4-3-5-8-20)24-18(2)27-25-23(9-6-14-29(25)26(24)32)35-16-19-10-12-21(13-11-19)31(33)34/h3-15H,16H2,1-2H3. The number of benzene rings is 2. The Balaban J connectivity index is 1.50. The van der Waals surface area contributed by atoms with Crippen LogP contribution in [0.4, 0.5) is 5.69 Å². The lowest BCUT2D eigenvalue weighted by Crippen LogP contribution is -2.19. The Bertz CT molecular complexity index is 1610. The largest absolute Gasteiger partial charge is 0.485 e. The molecule has 0 unspecified atom stereocenters. The van der Waals surface area contributed by atoms with Crippen LogP contribution in [0.5, 0.6) is 5.75 Å². The first-order chi connectivity index (χ1) is 16.9. The second kappa shape index (κ2) is 8.86. The molecular weight excluding hydrogens is 446 g/mol. The van der Waals surface area contributed by atoms with Gasteiger partial charge < -0.3 is 4.74 Å². The van der Waals surface area contributed by atoms with Crippen molar-refractivity contribution in [3.05, 3.63) is 116 Å². The molecule has 0 bridgehead atoms. The predicted molar refractivity (Wildman–Crippen MR) is 131 cm³/mol. The van der Waals surface area contributed by atoms with Gasteiger partial charge in [0.25, 0.3) is 11.2 Å². The number of aryl methyl sites for hydroxylation is 2. The van der Waals surface area contributed by atoms with Gasteiger partial charge in [-0.25, -0.2) is 9.67 Å². The Hall–Kier alpha value is -4.79. The van der Waals surface area contributed by atoms with E-state index in [0.717, 1.165) is 16.9 Å². The first-order valence-electron chi connectivity index (χ1n) is 10.9. The van der Waals surface area contributed by atoms with E-state index >= 15 is 0 Å². The van der Waals surface area contributed by atoms with Gasteiger partial charge in [0, 0.05) is 24.0 Å². The van der Waals surface area contributed by atoms with Gasteiger partial charge in [0.05, 0.1) is 21.9 Å². The number of pyridine rings is 1. The number of nitro benzene ring substituents is 1. The van der Waals surface area contributed by atoms with E-state index in [1.807, 2.05) is 43.3 Å². The van der Waals surface area contributed by atoms with Gasteiger partial charge in [-0.3, -0.25) is 19.3 Å².